The summed E-state index contributed by atoms with van der Waals surface area (Å²) < 4.78 is 37.4. The summed E-state index contributed by atoms with van der Waals surface area (Å²) in [7, 11) is 1.62. The molecule has 1 unspecified atom stereocenters. The van der Waals surface area contributed by atoms with Crippen molar-refractivity contribution in [1.82, 2.24) is 4.90 Å². The lowest BCUT2D eigenvalue weighted by Gasteiger charge is -2.29. The van der Waals surface area contributed by atoms with Gasteiger partial charge in [0.15, 0.2) is 0 Å². The van der Waals surface area contributed by atoms with Crippen LogP contribution >= 0.6 is 0 Å². The highest BCUT2D eigenvalue weighted by molar-refractivity contribution is 5.86. The van der Waals surface area contributed by atoms with Crippen LogP contribution in [0.5, 0.6) is 0 Å². The van der Waals surface area contributed by atoms with Crippen molar-refractivity contribution in [3.63, 3.8) is 0 Å². The van der Waals surface area contributed by atoms with Gasteiger partial charge in [-0.15, -0.1) is 0 Å². The molecule has 1 fully saturated rings. The zero-order valence-corrected chi connectivity index (χ0v) is 12.1. The Morgan fingerprint density at radius 2 is 1.81 bits per heavy atom. The molecule has 0 radical (unpaired) electrons. The third-order valence-electron chi connectivity index (χ3n) is 3.93. The molecule has 0 bridgehead atoms. The minimum atomic E-state index is -4.35. The number of hydrogen-bond donors (Lipinski definition) is 1. The van der Waals surface area contributed by atoms with Crippen LogP contribution in [0.15, 0.2) is 24.3 Å². The Balaban J connectivity index is 2.02. The molecule has 3 nitrogen and oxygen atoms in total. The van der Waals surface area contributed by atoms with E-state index in [0.717, 1.165) is 25.0 Å². The second kappa shape index (κ2) is 5.33. The number of likely N-dealkylation sites (N-methyl/N-ethyl adjacent to an activating group) is 1. The van der Waals surface area contributed by atoms with Crippen LogP contribution in [0.3, 0.4) is 0 Å². The molecule has 2 N–H and O–H groups in total. The molecule has 1 atom stereocenters. The summed E-state index contributed by atoms with van der Waals surface area (Å²) in [6, 6.07) is 4.82. The number of benzene rings is 1. The maximum atomic E-state index is 12.5. The van der Waals surface area contributed by atoms with Crippen LogP contribution in [0.25, 0.3) is 0 Å². The van der Waals surface area contributed by atoms with Gasteiger partial charge < -0.3 is 10.6 Å². The van der Waals surface area contributed by atoms with E-state index in [1.807, 2.05) is 0 Å². The van der Waals surface area contributed by atoms with Crippen LogP contribution in [0.4, 0.5) is 13.2 Å². The van der Waals surface area contributed by atoms with Gasteiger partial charge in [0.1, 0.15) is 0 Å². The molecule has 0 aliphatic heterocycles. The highest BCUT2D eigenvalue weighted by Crippen LogP contribution is 2.39. The van der Waals surface area contributed by atoms with Crippen molar-refractivity contribution >= 4 is 5.91 Å². The molecule has 0 spiro atoms. The Labute approximate surface area is 121 Å². The van der Waals surface area contributed by atoms with E-state index >= 15 is 0 Å². The molecule has 1 aromatic carbocycles. The molecule has 6 heteroatoms. The number of carbonyl (C=O) groups excluding carboxylic acids is 1. The number of rotatable bonds is 4. The minimum Gasteiger partial charge on any atom is -0.340 e. The van der Waals surface area contributed by atoms with Crippen LogP contribution in [-0.4, -0.2) is 23.4 Å². The lowest BCUT2D eigenvalue weighted by atomic mass is 9.95. The van der Waals surface area contributed by atoms with Gasteiger partial charge in [0, 0.05) is 13.6 Å². The quantitative estimate of drug-likeness (QED) is 0.929. The number of hydrogen-bond acceptors (Lipinski definition) is 2. The number of nitrogens with two attached hydrogens (primary N) is 1. The van der Waals surface area contributed by atoms with Gasteiger partial charge in [0.25, 0.3) is 0 Å². The van der Waals surface area contributed by atoms with Gasteiger partial charge >= 0.3 is 6.18 Å². The Kier molecular flexibility index (Phi) is 4.02. The topological polar surface area (TPSA) is 46.3 Å². The van der Waals surface area contributed by atoms with E-state index in [-0.39, 0.29) is 18.4 Å². The summed E-state index contributed by atoms with van der Waals surface area (Å²) in [6.45, 7) is 1.97. The summed E-state index contributed by atoms with van der Waals surface area (Å²) in [5.74, 6) is 0.0324. The van der Waals surface area contributed by atoms with Crippen molar-refractivity contribution in [2.24, 2.45) is 11.7 Å². The SMILES string of the molecule is CN(Cc1ccc(C(F)(F)F)cc1)C(=O)C(C)(N)C1CC1. The highest BCUT2D eigenvalue weighted by atomic mass is 19.4. The van der Waals surface area contributed by atoms with Gasteiger partial charge in [-0.3, -0.25) is 4.79 Å². The predicted octanol–water partition coefficient (Wildman–Crippen LogP) is 2.79. The standard InChI is InChI=1S/C15H19F3N2O/c1-14(19,11-7-8-11)13(21)20(2)9-10-3-5-12(6-4-10)15(16,17)18/h3-6,11H,7-9,19H2,1-2H3. The molecule has 1 aliphatic carbocycles. The zero-order chi connectivity index (χ0) is 15.8. The average molecular weight is 300 g/mol. The van der Waals surface area contributed by atoms with Crippen LogP contribution in [0.1, 0.15) is 30.9 Å². The normalized spacial score (nSPS) is 18.2. The van der Waals surface area contributed by atoms with E-state index in [1.54, 1.807) is 14.0 Å². The molecule has 116 valence electrons. The summed E-state index contributed by atoms with van der Waals surface area (Å²) >= 11 is 0. The van der Waals surface area contributed by atoms with Gasteiger partial charge in [0.05, 0.1) is 11.1 Å². The van der Waals surface area contributed by atoms with Gasteiger partial charge in [-0.25, -0.2) is 0 Å². The van der Waals surface area contributed by atoms with E-state index in [9.17, 15) is 18.0 Å². The molecular weight excluding hydrogens is 281 g/mol. The van der Waals surface area contributed by atoms with Gasteiger partial charge in [-0.05, 0) is 43.4 Å². The Morgan fingerprint density at radius 1 is 1.29 bits per heavy atom. The van der Waals surface area contributed by atoms with Gasteiger partial charge in [-0.2, -0.15) is 13.2 Å². The molecule has 1 aromatic rings. The predicted molar refractivity (Wildman–Crippen MR) is 73.2 cm³/mol. The van der Waals surface area contributed by atoms with E-state index in [1.165, 1.54) is 17.0 Å². The number of amides is 1. The van der Waals surface area contributed by atoms with Crippen molar-refractivity contribution in [3.8, 4) is 0 Å². The van der Waals surface area contributed by atoms with Crippen LogP contribution < -0.4 is 5.73 Å². The molecular formula is C15H19F3N2O. The number of nitrogens with zero attached hydrogens (tertiary/aromatic N) is 1. The van der Waals surface area contributed by atoms with Gasteiger partial charge in [0.2, 0.25) is 5.91 Å². The molecule has 0 saturated heterocycles. The number of alkyl halides is 3. The molecule has 0 heterocycles. The van der Waals surface area contributed by atoms with Crippen LogP contribution in [-0.2, 0) is 17.5 Å². The summed E-state index contributed by atoms with van der Waals surface area (Å²) in [6.07, 6.45) is -2.44. The van der Waals surface area contributed by atoms with E-state index in [4.69, 9.17) is 5.73 Å². The van der Waals surface area contributed by atoms with Crippen molar-refractivity contribution in [2.75, 3.05) is 7.05 Å². The van der Waals surface area contributed by atoms with Gasteiger partial charge in [-0.1, -0.05) is 12.1 Å². The fourth-order valence-electron chi connectivity index (χ4n) is 2.41. The monoisotopic (exact) mass is 300 g/mol. The summed E-state index contributed by atoms with van der Waals surface area (Å²) in [5.41, 5.74) is 5.12. The third kappa shape index (κ3) is 3.56. The molecule has 1 amide bonds. The van der Waals surface area contributed by atoms with Crippen molar-refractivity contribution in [3.05, 3.63) is 35.4 Å². The first kappa shape index (κ1) is 15.8. The Morgan fingerprint density at radius 3 is 2.24 bits per heavy atom. The Bertz CT molecular complexity index is 519. The van der Waals surface area contributed by atoms with Crippen molar-refractivity contribution in [2.45, 2.75) is 38.0 Å². The lowest BCUT2D eigenvalue weighted by molar-refractivity contribution is -0.138. The molecule has 1 saturated carbocycles. The van der Waals surface area contributed by atoms with E-state index in [2.05, 4.69) is 0 Å². The fourth-order valence-corrected chi connectivity index (χ4v) is 2.41. The van der Waals surface area contributed by atoms with Crippen LogP contribution in [0, 0.1) is 5.92 Å². The molecule has 0 aromatic heterocycles. The maximum Gasteiger partial charge on any atom is 0.416 e. The number of carbonyl (C=O) groups is 1. The lowest BCUT2D eigenvalue weighted by Crippen LogP contribution is -2.53. The Hall–Kier alpha value is -1.56. The molecule has 2 rings (SSSR count). The molecule has 21 heavy (non-hydrogen) atoms. The minimum absolute atomic E-state index is 0.176. The first-order valence-corrected chi connectivity index (χ1v) is 6.83. The number of halogens is 3. The van der Waals surface area contributed by atoms with E-state index in [0.29, 0.717) is 5.56 Å². The van der Waals surface area contributed by atoms with E-state index < -0.39 is 17.3 Å². The second-order valence-electron chi connectivity index (χ2n) is 5.91. The third-order valence-corrected chi connectivity index (χ3v) is 3.93. The maximum absolute atomic E-state index is 12.5. The summed E-state index contributed by atoms with van der Waals surface area (Å²) in [4.78, 5) is 13.8. The van der Waals surface area contributed by atoms with Crippen molar-refractivity contribution in [1.29, 1.82) is 0 Å². The van der Waals surface area contributed by atoms with Crippen molar-refractivity contribution < 1.29 is 18.0 Å². The zero-order valence-electron chi connectivity index (χ0n) is 12.1. The highest BCUT2D eigenvalue weighted by Gasteiger charge is 2.45. The largest absolute Gasteiger partial charge is 0.416 e. The fraction of sp³-hybridized carbons (Fsp3) is 0.533. The molecule has 1 aliphatic rings. The smallest absolute Gasteiger partial charge is 0.340 e. The summed E-state index contributed by atoms with van der Waals surface area (Å²) in [5, 5.41) is 0. The van der Waals surface area contributed by atoms with Crippen LogP contribution in [0.2, 0.25) is 0 Å². The first-order valence-electron chi connectivity index (χ1n) is 6.83. The first-order chi connectivity index (χ1) is 9.62. The average Bonchev–Trinajstić information content (AvgIpc) is 3.21. The second-order valence-corrected chi connectivity index (χ2v) is 5.91.